The standard InChI is InChI=1S/C20H23N5O8S/c1-12(2)19(26)23-15-6-4-14(5-7-15)20(27)21-8-9-22-34(32,33)16-10-17(24(28)29)13(3)18(11-16)25(30)31/h4-7,10-12,22H,8-9H2,1-3H3,(H,21,27)(H,23,26). The Morgan fingerprint density at radius 3 is 1.97 bits per heavy atom. The van der Waals surface area contributed by atoms with Gasteiger partial charge in [-0.1, -0.05) is 13.8 Å². The number of rotatable bonds is 10. The number of hydrogen-bond donors (Lipinski definition) is 3. The summed E-state index contributed by atoms with van der Waals surface area (Å²) < 4.78 is 27.1. The molecule has 0 radical (unpaired) electrons. The molecule has 2 rings (SSSR count). The minimum atomic E-state index is -4.33. The zero-order chi connectivity index (χ0) is 25.6. The third-order valence-electron chi connectivity index (χ3n) is 4.67. The lowest BCUT2D eigenvalue weighted by molar-refractivity contribution is -0.395. The molecule has 3 N–H and O–H groups in total. The Labute approximate surface area is 194 Å². The Hall–Kier alpha value is -3.91. The van der Waals surface area contributed by atoms with E-state index in [1.807, 2.05) is 0 Å². The summed E-state index contributed by atoms with van der Waals surface area (Å²) in [6.07, 6.45) is 0. The molecule has 0 saturated heterocycles. The molecule has 0 aliphatic carbocycles. The van der Waals surface area contributed by atoms with Gasteiger partial charge in [0, 0.05) is 42.4 Å². The maximum Gasteiger partial charge on any atom is 0.280 e. The fraction of sp³-hybridized carbons (Fsp3) is 0.300. The van der Waals surface area contributed by atoms with E-state index in [1.165, 1.54) is 12.1 Å². The van der Waals surface area contributed by atoms with E-state index in [-0.39, 0.29) is 36.0 Å². The van der Waals surface area contributed by atoms with Crippen LogP contribution in [0.15, 0.2) is 41.3 Å². The SMILES string of the molecule is Cc1c([N+](=O)[O-])cc(S(=O)(=O)NCCNC(=O)c2ccc(NC(=O)C(C)C)cc2)cc1[N+](=O)[O-]. The van der Waals surface area contributed by atoms with Gasteiger partial charge in [0.15, 0.2) is 0 Å². The van der Waals surface area contributed by atoms with Crippen LogP contribution in [-0.2, 0) is 14.8 Å². The van der Waals surface area contributed by atoms with Gasteiger partial charge in [-0.15, -0.1) is 0 Å². The molecule has 0 fully saturated rings. The van der Waals surface area contributed by atoms with Gasteiger partial charge in [0.25, 0.3) is 17.3 Å². The van der Waals surface area contributed by atoms with E-state index in [0.717, 1.165) is 19.1 Å². The lowest BCUT2D eigenvalue weighted by Crippen LogP contribution is -2.34. The first kappa shape index (κ1) is 26.3. The van der Waals surface area contributed by atoms with Gasteiger partial charge >= 0.3 is 0 Å². The second-order valence-electron chi connectivity index (χ2n) is 7.48. The highest BCUT2D eigenvalue weighted by atomic mass is 32.2. The van der Waals surface area contributed by atoms with Crippen LogP contribution in [0.4, 0.5) is 17.1 Å². The van der Waals surface area contributed by atoms with Crippen molar-refractivity contribution >= 4 is 38.9 Å². The molecule has 0 spiro atoms. The van der Waals surface area contributed by atoms with Crippen LogP contribution in [0, 0.1) is 33.1 Å². The van der Waals surface area contributed by atoms with Crippen molar-refractivity contribution in [3.8, 4) is 0 Å². The molecular weight excluding hydrogens is 470 g/mol. The van der Waals surface area contributed by atoms with Crippen LogP contribution in [0.2, 0.25) is 0 Å². The van der Waals surface area contributed by atoms with Crippen LogP contribution >= 0.6 is 0 Å². The fourth-order valence-corrected chi connectivity index (χ4v) is 3.80. The summed E-state index contributed by atoms with van der Waals surface area (Å²) in [6, 6.07) is 7.55. The van der Waals surface area contributed by atoms with Crippen LogP contribution < -0.4 is 15.4 Å². The van der Waals surface area contributed by atoms with Crippen LogP contribution in [0.3, 0.4) is 0 Å². The van der Waals surface area contributed by atoms with E-state index < -0.39 is 42.0 Å². The molecular formula is C20H23N5O8S. The third kappa shape index (κ3) is 6.55. The van der Waals surface area contributed by atoms with Gasteiger partial charge < -0.3 is 10.6 Å². The van der Waals surface area contributed by atoms with Crippen LogP contribution in [-0.4, -0.2) is 43.2 Å². The molecule has 2 aromatic carbocycles. The summed E-state index contributed by atoms with van der Waals surface area (Å²) in [5.41, 5.74) is -0.873. The number of nitro benzene ring substituents is 2. The first-order chi connectivity index (χ1) is 15.8. The molecule has 2 amide bonds. The molecule has 13 nitrogen and oxygen atoms in total. The highest BCUT2D eigenvalue weighted by Gasteiger charge is 2.27. The number of sulfonamides is 1. The molecule has 34 heavy (non-hydrogen) atoms. The number of nitrogens with zero attached hydrogens (tertiary/aromatic N) is 2. The number of carbonyl (C=O) groups excluding carboxylic acids is 2. The number of nitro groups is 2. The second-order valence-corrected chi connectivity index (χ2v) is 9.24. The van der Waals surface area contributed by atoms with Crippen molar-refractivity contribution in [1.82, 2.24) is 10.0 Å². The van der Waals surface area contributed by atoms with E-state index in [9.17, 15) is 38.2 Å². The molecule has 0 unspecified atom stereocenters. The first-order valence-corrected chi connectivity index (χ1v) is 11.4. The van der Waals surface area contributed by atoms with Crippen LogP contribution in [0.5, 0.6) is 0 Å². The number of amides is 2. The minimum absolute atomic E-state index is 0.125. The molecule has 0 aliphatic heterocycles. The van der Waals surface area contributed by atoms with Crippen molar-refractivity contribution in [2.45, 2.75) is 25.7 Å². The fourth-order valence-electron chi connectivity index (χ4n) is 2.73. The summed E-state index contributed by atoms with van der Waals surface area (Å²) >= 11 is 0. The molecule has 0 heterocycles. The molecule has 2 aromatic rings. The summed E-state index contributed by atoms with van der Waals surface area (Å²) in [4.78, 5) is 43.8. The van der Waals surface area contributed by atoms with Gasteiger partial charge in [-0.25, -0.2) is 13.1 Å². The number of benzene rings is 2. The van der Waals surface area contributed by atoms with E-state index in [2.05, 4.69) is 15.4 Å². The Morgan fingerprint density at radius 1 is 0.971 bits per heavy atom. The predicted molar refractivity (Wildman–Crippen MR) is 122 cm³/mol. The zero-order valence-electron chi connectivity index (χ0n) is 18.5. The van der Waals surface area contributed by atoms with Crippen LogP contribution in [0.25, 0.3) is 0 Å². The topological polar surface area (TPSA) is 191 Å². The number of hydrogen-bond acceptors (Lipinski definition) is 8. The van der Waals surface area contributed by atoms with Crippen molar-refractivity contribution in [2.75, 3.05) is 18.4 Å². The van der Waals surface area contributed by atoms with Gasteiger partial charge in [0.05, 0.1) is 14.7 Å². The first-order valence-electron chi connectivity index (χ1n) is 9.95. The summed E-state index contributed by atoms with van der Waals surface area (Å²) in [7, 11) is -4.33. The summed E-state index contributed by atoms with van der Waals surface area (Å²) in [6.45, 7) is 4.24. The maximum atomic E-state index is 12.5. The highest BCUT2D eigenvalue weighted by molar-refractivity contribution is 7.89. The van der Waals surface area contributed by atoms with E-state index >= 15 is 0 Å². The normalized spacial score (nSPS) is 11.2. The van der Waals surface area contributed by atoms with Crippen molar-refractivity contribution in [3.05, 3.63) is 67.8 Å². The molecule has 0 aromatic heterocycles. The Balaban J connectivity index is 2.00. The lowest BCUT2D eigenvalue weighted by atomic mass is 10.1. The Kier molecular flexibility index (Phi) is 8.37. The van der Waals surface area contributed by atoms with Crippen molar-refractivity contribution < 1.29 is 27.9 Å². The number of anilines is 1. The average molecular weight is 493 g/mol. The summed E-state index contributed by atoms with van der Waals surface area (Å²) in [5, 5.41) is 27.5. The molecule has 0 aliphatic rings. The zero-order valence-corrected chi connectivity index (χ0v) is 19.3. The maximum absolute atomic E-state index is 12.5. The molecule has 14 heteroatoms. The van der Waals surface area contributed by atoms with Crippen molar-refractivity contribution in [2.24, 2.45) is 5.92 Å². The van der Waals surface area contributed by atoms with Crippen molar-refractivity contribution in [3.63, 3.8) is 0 Å². The van der Waals surface area contributed by atoms with Gasteiger partial charge in [-0.2, -0.15) is 0 Å². The van der Waals surface area contributed by atoms with E-state index in [0.29, 0.717) is 5.69 Å². The lowest BCUT2D eigenvalue weighted by Gasteiger charge is -2.10. The van der Waals surface area contributed by atoms with Gasteiger partial charge in [0.2, 0.25) is 15.9 Å². The minimum Gasteiger partial charge on any atom is -0.351 e. The quantitative estimate of drug-likeness (QED) is 0.254. The van der Waals surface area contributed by atoms with Gasteiger partial charge in [-0.05, 0) is 31.2 Å². The smallest absolute Gasteiger partial charge is 0.280 e. The van der Waals surface area contributed by atoms with Gasteiger partial charge in [0.1, 0.15) is 5.56 Å². The Morgan fingerprint density at radius 2 is 1.50 bits per heavy atom. The van der Waals surface area contributed by atoms with E-state index in [4.69, 9.17) is 0 Å². The summed E-state index contributed by atoms with van der Waals surface area (Å²) in [5.74, 6) is -0.875. The molecule has 0 atom stereocenters. The second kappa shape index (κ2) is 10.8. The van der Waals surface area contributed by atoms with Crippen LogP contribution in [0.1, 0.15) is 29.8 Å². The van der Waals surface area contributed by atoms with Gasteiger partial charge in [-0.3, -0.25) is 29.8 Å². The average Bonchev–Trinajstić information content (AvgIpc) is 2.76. The monoisotopic (exact) mass is 493 g/mol. The van der Waals surface area contributed by atoms with E-state index in [1.54, 1.807) is 26.0 Å². The Bertz CT molecular complexity index is 1190. The largest absolute Gasteiger partial charge is 0.351 e. The predicted octanol–water partition coefficient (Wildman–Crippen LogP) is 2.11. The molecule has 182 valence electrons. The highest BCUT2D eigenvalue weighted by Crippen LogP contribution is 2.31. The number of carbonyl (C=O) groups is 2. The third-order valence-corrected chi connectivity index (χ3v) is 6.11. The van der Waals surface area contributed by atoms with Crippen molar-refractivity contribution in [1.29, 1.82) is 0 Å². The molecule has 0 saturated carbocycles. The number of nitrogens with one attached hydrogen (secondary N) is 3. The molecule has 0 bridgehead atoms.